The largest absolute Gasteiger partial charge is 0.359 e. The van der Waals surface area contributed by atoms with Crippen molar-refractivity contribution in [2.45, 2.75) is 73.8 Å². The molecule has 1 aliphatic carbocycles. The monoisotopic (exact) mass is 602 g/mol. The number of likely N-dealkylation sites (tertiary alicyclic amines) is 1. The van der Waals surface area contributed by atoms with Gasteiger partial charge in [-0.25, -0.2) is 0 Å². The Labute approximate surface area is 258 Å². The highest BCUT2D eigenvalue weighted by atomic mass is 32.2. The quantitative estimate of drug-likeness (QED) is 0.292. The van der Waals surface area contributed by atoms with Crippen LogP contribution in [-0.2, 0) is 25.7 Å². The molecule has 2 aromatic carbocycles. The van der Waals surface area contributed by atoms with Crippen LogP contribution >= 0.6 is 11.8 Å². The summed E-state index contributed by atoms with van der Waals surface area (Å²) in [4.78, 5) is 47.0. The maximum atomic E-state index is 14.2. The molecule has 3 aliphatic heterocycles. The number of ether oxygens (including phenoxy) is 1. The fraction of sp³-hybridized carbons (Fsp3) is 0.500. The number of thioether (sulfide) groups is 1. The Morgan fingerprint density at radius 2 is 1.86 bits per heavy atom. The van der Waals surface area contributed by atoms with E-state index in [1.807, 2.05) is 60.9 Å². The molecule has 2 aromatic rings. The molecule has 6 rings (SSSR count). The predicted molar refractivity (Wildman–Crippen MR) is 168 cm³/mol. The highest BCUT2D eigenvalue weighted by Crippen LogP contribution is 2.55. The second kappa shape index (κ2) is 12.8. The molecule has 1 spiro atoms. The summed E-state index contributed by atoms with van der Waals surface area (Å²) in [5, 5.41) is 6.31. The van der Waals surface area contributed by atoms with Gasteiger partial charge in [-0.3, -0.25) is 14.4 Å². The van der Waals surface area contributed by atoms with Gasteiger partial charge in [0.1, 0.15) is 11.6 Å². The Kier molecular flexibility index (Phi) is 8.93. The molecule has 0 aromatic heterocycles. The summed E-state index contributed by atoms with van der Waals surface area (Å²) >= 11 is 1.60. The average Bonchev–Trinajstić information content (AvgIpc) is 3.65. The zero-order valence-corrected chi connectivity index (χ0v) is 25.9. The van der Waals surface area contributed by atoms with Crippen molar-refractivity contribution in [2.75, 3.05) is 31.7 Å². The summed E-state index contributed by atoms with van der Waals surface area (Å²) in [6.07, 6.45) is 11.2. The summed E-state index contributed by atoms with van der Waals surface area (Å²) in [5.41, 5.74) is 0.778. The molecule has 228 valence electrons. The van der Waals surface area contributed by atoms with E-state index in [1.54, 1.807) is 16.7 Å². The van der Waals surface area contributed by atoms with Gasteiger partial charge in [-0.05, 0) is 62.9 Å². The van der Waals surface area contributed by atoms with Gasteiger partial charge < -0.3 is 25.2 Å². The molecular formula is C34H42N4O4S. The van der Waals surface area contributed by atoms with Crippen molar-refractivity contribution in [2.24, 2.45) is 11.8 Å². The Morgan fingerprint density at radius 3 is 2.63 bits per heavy atom. The smallest absolute Gasteiger partial charge is 0.246 e. The highest BCUT2D eigenvalue weighted by Gasteiger charge is 2.72. The number of fused-ring (bicyclic) bond motifs is 1. The minimum absolute atomic E-state index is 0.107. The molecule has 3 amide bonds. The topological polar surface area (TPSA) is 91.0 Å². The van der Waals surface area contributed by atoms with Crippen LogP contribution in [0, 0.1) is 11.8 Å². The Morgan fingerprint density at radius 1 is 1.07 bits per heavy atom. The first-order chi connectivity index (χ1) is 20.9. The van der Waals surface area contributed by atoms with E-state index in [2.05, 4.69) is 34.7 Å². The lowest BCUT2D eigenvalue weighted by Gasteiger charge is -2.34. The van der Waals surface area contributed by atoms with Crippen LogP contribution in [0.4, 0.5) is 5.69 Å². The van der Waals surface area contributed by atoms with Gasteiger partial charge in [0.2, 0.25) is 17.7 Å². The fourth-order valence-corrected chi connectivity index (χ4v) is 7.91. The van der Waals surface area contributed by atoms with E-state index >= 15 is 0 Å². The SMILES string of the molecule is CSc1cccc(NC(=O)[C@H]2[C@H]3C=C[C@@]4(O3)[C@H]2C(=O)N(CCCN(C)Cc2ccccc2)[C@@H]4C(=O)NC2CCCCC2)c1. The number of anilines is 1. The van der Waals surface area contributed by atoms with E-state index in [0.29, 0.717) is 18.7 Å². The normalized spacial score (nSPS) is 28.0. The molecular weight excluding hydrogens is 560 g/mol. The molecule has 0 unspecified atom stereocenters. The van der Waals surface area contributed by atoms with Gasteiger partial charge in [0.05, 0.1) is 17.9 Å². The van der Waals surface area contributed by atoms with Crippen molar-refractivity contribution in [1.82, 2.24) is 15.1 Å². The third-order valence-corrected chi connectivity index (χ3v) is 10.2. The van der Waals surface area contributed by atoms with Gasteiger partial charge in [0.25, 0.3) is 0 Å². The molecule has 4 aliphatic rings. The van der Waals surface area contributed by atoms with E-state index in [4.69, 9.17) is 4.74 Å². The molecule has 8 nitrogen and oxygen atoms in total. The summed E-state index contributed by atoms with van der Waals surface area (Å²) in [6.45, 7) is 1.99. The first-order valence-corrected chi connectivity index (χ1v) is 16.8. The van der Waals surface area contributed by atoms with Gasteiger partial charge in [-0.1, -0.05) is 67.8 Å². The first kappa shape index (κ1) is 29.9. The lowest BCUT2D eigenvalue weighted by molar-refractivity contribution is -0.141. The van der Waals surface area contributed by atoms with E-state index in [0.717, 1.165) is 43.7 Å². The van der Waals surface area contributed by atoms with Crippen LogP contribution < -0.4 is 10.6 Å². The van der Waals surface area contributed by atoms with Gasteiger partial charge in [-0.2, -0.15) is 0 Å². The molecule has 2 bridgehead atoms. The van der Waals surface area contributed by atoms with Crippen molar-refractivity contribution in [1.29, 1.82) is 0 Å². The maximum Gasteiger partial charge on any atom is 0.246 e. The zero-order chi connectivity index (χ0) is 30.0. The van der Waals surface area contributed by atoms with Crippen molar-refractivity contribution < 1.29 is 19.1 Å². The van der Waals surface area contributed by atoms with Crippen molar-refractivity contribution in [3.05, 3.63) is 72.3 Å². The first-order valence-electron chi connectivity index (χ1n) is 15.5. The van der Waals surface area contributed by atoms with Crippen LogP contribution in [0.25, 0.3) is 0 Å². The molecule has 1 saturated carbocycles. The second-order valence-corrected chi connectivity index (χ2v) is 13.3. The van der Waals surface area contributed by atoms with Gasteiger partial charge >= 0.3 is 0 Å². The fourth-order valence-electron chi connectivity index (χ4n) is 7.45. The van der Waals surface area contributed by atoms with Crippen LogP contribution in [-0.4, -0.2) is 77.7 Å². The lowest BCUT2D eigenvalue weighted by atomic mass is 9.74. The molecule has 2 N–H and O–H groups in total. The third kappa shape index (κ3) is 5.99. The predicted octanol–water partition coefficient (Wildman–Crippen LogP) is 4.47. The van der Waals surface area contributed by atoms with E-state index in [-0.39, 0.29) is 23.8 Å². The van der Waals surface area contributed by atoms with Crippen LogP contribution in [0.5, 0.6) is 0 Å². The molecule has 3 heterocycles. The number of hydrogen-bond donors (Lipinski definition) is 2. The number of carbonyl (C=O) groups excluding carboxylic acids is 3. The number of nitrogens with one attached hydrogen (secondary N) is 2. The zero-order valence-electron chi connectivity index (χ0n) is 25.0. The molecule has 0 radical (unpaired) electrons. The van der Waals surface area contributed by atoms with Gasteiger partial charge in [0, 0.05) is 29.7 Å². The lowest BCUT2D eigenvalue weighted by Crippen LogP contribution is -2.56. The highest BCUT2D eigenvalue weighted by molar-refractivity contribution is 7.98. The summed E-state index contributed by atoms with van der Waals surface area (Å²) in [7, 11) is 2.07. The van der Waals surface area contributed by atoms with Crippen LogP contribution in [0.1, 0.15) is 44.1 Å². The standard InChI is InChI=1S/C34H42N4O4S/c1-37(22-23-11-5-3-6-12-23)19-10-20-38-30(32(40)35-24-13-7-4-8-14-24)34-18-17-27(42-34)28(29(34)33(38)41)31(39)36-25-15-9-16-26(21-25)43-2/h3,5-6,9,11-12,15-18,21,24,27-30H,4,7-8,10,13-14,19-20,22H2,1-2H3,(H,35,40)(H,36,39)/t27-,28+,29-,30-,34-/m1/s1. The average molecular weight is 603 g/mol. The summed E-state index contributed by atoms with van der Waals surface area (Å²) < 4.78 is 6.52. The summed E-state index contributed by atoms with van der Waals surface area (Å²) in [5.74, 6) is -2.02. The van der Waals surface area contributed by atoms with Crippen LogP contribution in [0.15, 0.2) is 71.6 Å². The molecule has 3 fully saturated rings. The Balaban J connectivity index is 1.21. The molecule has 43 heavy (non-hydrogen) atoms. The van der Waals surface area contributed by atoms with Gasteiger partial charge in [0.15, 0.2) is 0 Å². The number of amides is 3. The maximum absolute atomic E-state index is 14.2. The third-order valence-electron chi connectivity index (χ3n) is 9.45. The second-order valence-electron chi connectivity index (χ2n) is 12.4. The van der Waals surface area contributed by atoms with Crippen molar-refractivity contribution >= 4 is 35.2 Å². The van der Waals surface area contributed by atoms with Crippen molar-refractivity contribution in [3.8, 4) is 0 Å². The van der Waals surface area contributed by atoms with E-state index in [9.17, 15) is 14.4 Å². The minimum atomic E-state index is -1.14. The Hall–Kier alpha value is -3.14. The number of carbonyl (C=O) groups is 3. The van der Waals surface area contributed by atoms with Crippen LogP contribution in [0.3, 0.4) is 0 Å². The van der Waals surface area contributed by atoms with Crippen LogP contribution in [0.2, 0.25) is 0 Å². The Bertz CT molecular complexity index is 1360. The number of benzene rings is 2. The summed E-state index contributed by atoms with van der Waals surface area (Å²) in [6, 6.07) is 17.3. The van der Waals surface area contributed by atoms with Crippen molar-refractivity contribution in [3.63, 3.8) is 0 Å². The minimum Gasteiger partial charge on any atom is -0.359 e. The number of nitrogens with zero attached hydrogens (tertiary/aromatic N) is 2. The van der Waals surface area contributed by atoms with E-state index < -0.39 is 29.6 Å². The van der Waals surface area contributed by atoms with E-state index in [1.165, 1.54) is 12.0 Å². The van der Waals surface area contributed by atoms with Gasteiger partial charge in [-0.15, -0.1) is 11.8 Å². The molecule has 9 heteroatoms. The number of hydrogen-bond acceptors (Lipinski definition) is 6. The molecule has 2 saturated heterocycles. The number of rotatable bonds is 11. The molecule has 5 atom stereocenters.